The zero-order valence-corrected chi connectivity index (χ0v) is 13.8. The molecule has 2 heterocycles. The molecule has 0 spiro atoms. The number of methoxy groups -OCH3 is 1. The number of hydrogen-bond acceptors (Lipinski definition) is 5. The summed E-state index contributed by atoms with van der Waals surface area (Å²) in [5.41, 5.74) is 1.13. The van der Waals surface area contributed by atoms with Gasteiger partial charge in [-0.05, 0) is 31.4 Å². The van der Waals surface area contributed by atoms with Gasteiger partial charge < -0.3 is 19.5 Å². The number of hydrogen-bond donors (Lipinski definition) is 1. The molecule has 1 N–H and O–H groups in total. The molecule has 1 atom stereocenters. The van der Waals surface area contributed by atoms with Crippen LogP contribution in [-0.4, -0.2) is 34.7 Å². The second kappa shape index (κ2) is 6.46. The fraction of sp³-hybridized carbons (Fsp3) is 0.438. The average Bonchev–Trinajstić information content (AvgIpc) is 3.18. The van der Waals surface area contributed by atoms with Crippen molar-refractivity contribution < 1.29 is 18.4 Å². The van der Waals surface area contributed by atoms with E-state index in [9.17, 15) is 9.18 Å². The van der Waals surface area contributed by atoms with Crippen molar-refractivity contribution in [3.63, 3.8) is 0 Å². The number of carbonyl (C=O) groups is 1. The number of likely N-dealkylation sites (tertiary alicyclic amines) is 1. The minimum Gasteiger partial charge on any atom is -0.494 e. The summed E-state index contributed by atoms with van der Waals surface area (Å²) in [4.78, 5) is 18.5. The molecule has 1 aromatic heterocycles. The lowest BCUT2D eigenvalue weighted by Gasteiger charge is -2.23. The van der Waals surface area contributed by atoms with Gasteiger partial charge in [-0.25, -0.2) is 9.18 Å². The Labute approximate surface area is 138 Å². The maximum absolute atomic E-state index is 13.9. The normalized spacial score (nSPS) is 17.2. The third kappa shape index (κ3) is 3.04. The number of nitrogens with one attached hydrogen (secondary N) is 1. The van der Waals surface area contributed by atoms with Crippen LogP contribution in [0.5, 0.6) is 5.75 Å². The van der Waals surface area contributed by atoms with Crippen LogP contribution in [0, 0.1) is 19.7 Å². The van der Waals surface area contributed by atoms with Gasteiger partial charge in [0.25, 0.3) is 0 Å². The molecule has 8 heteroatoms. The summed E-state index contributed by atoms with van der Waals surface area (Å²) in [6, 6.07) is 2.27. The maximum Gasteiger partial charge on any atom is 0.322 e. The molecule has 3 rings (SSSR count). The minimum atomic E-state index is -0.523. The number of aryl methyl sites for hydroxylation is 2. The van der Waals surface area contributed by atoms with E-state index >= 15 is 0 Å². The van der Waals surface area contributed by atoms with Gasteiger partial charge in [-0.2, -0.15) is 4.98 Å². The third-order valence-corrected chi connectivity index (χ3v) is 4.10. The van der Waals surface area contributed by atoms with Crippen molar-refractivity contribution in [1.29, 1.82) is 0 Å². The van der Waals surface area contributed by atoms with E-state index in [4.69, 9.17) is 9.26 Å². The van der Waals surface area contributed by atoms with Crippen LogP contribution >= 0.6 is 0 Å². The summed E-state index contributed by atoms with van der Waals surface area (Å²) in [6.07, 6.45) is 1.62. The van der Waals surface area contributed by atoms with Crippen LogP contribution in [-0.2, 0) is 0 Å². The summed E-state index contributed by atoms with van der Waals surface area (Å²) < 4.78 is 23.8. The van der Waals surface area contributed by atoms with Gasteiger partial charge >= 0.3 is 6.03 Å². The molecule has 1 fully saturated rings. The Morgan fingerprint density at radius 1 is 1.46 bits per heavy atom. The van der Waals surface area contributed by atoms with E-state index in [2.05, 4.69) is 15.5 Å². The molecular weight excluding hydrogens is 315 g/mol. The monoisotopic (exact) mass is 334 g/mol. The molecule has 128 valence electrons. The second-order valence-electron chi connectivity index (χ2n) is 5.75. The minimum absolute atomic E-state index is 0.145. The number of amides is 2. The van der Waals surface area contributed by atoms with Gasteiger partial charge in [-0.1, -0.05) is 5.16 Å². The van der Waals surface area contributed by atoms with Crippen molar-refractivity contribution in [3.8, 4) is 5.75 Å². The highest BCUT2D eigenvalue weighted by Gasteiger charge is 2.33. The number of carbonyl (C=O) groups excluding carboxylic acids is 1. The van der Waals surface area contributed by atoms with Crippen LogP contribution in [0.3, 0.4) is 0 Å². The van der Waals surface area contributed by atoms with Crippen molar-refractivity contribution >= 4 is 11.7 Å². The highest BCUT2D eigenvalue weighted by molar-refractivity contribution is 5.90. The van der Waals surface area contributed by atoms with Crippen LogP contribution in [0.4, 0.5) is 14.9 Å². The third-order valence-electron chi connectivity index (χ3n) is 4.10. The van der Waals surface area contributed by atoms with Gasteiger partial charge in [-0.15, -0.1) is 0 Å². The maximum atomic E-state index is 13.9. The Morgan fingerprint density at radius 2 is 2.25 bits per heavy atom. The number of anilines is 1. The lowest BCUT2D eigenvalue weighted by Crippen LogP contribution is -2.35. The summed E-state index contributed by atoms with van der Waals surface area (Å²) in [5, 5.41) is 6.66. The van der Waals surface area contributed by atoms with E-state index in [-0.39, 0.29) is 17.8 Å². The Bertz CT molecular complexity index is 762. The van der Waals surface area contributed by atoms with E-state index in [1.165, 1.54) is 13.2 Å². The predicted octanol–water partition coefficient (Wildman–Crippen LogP) is 3.20. The molecule has 0 bridgehead atoms. The van der Waals surface area contributed by atoms with Crippen LogP contribution in [0.1, 0.15) is 36.2 Å². The Kier molecular flexibility index (Phi) is 4.37. The van der Waals surface area contributed by atoms with E-state index in [1.807, 2.05) is 0 Å². The number of rotatable bonds is 3. The number of urea groups is 1. The molecule has 0 radical (unpaired) electrons. The molecule has 24 heavy (non-hydrogen) atoms. The van der Waals surface area contributed by atoms with Crippen molar-refractivity contribution in [3.05, 3.63) is 35.2 Å². The predicted molar refractivity (Wildman–Crippen MR) is 84.4 cm³/mol. The Morgan fingerprint density at radius 3 is 2.92 bits per heavy atom. The molecule has 1 aliphatic heterocycles. The Hall–Kier alpha value is -2.64. The van der Waals surface area contributed by atoms with Crippen LogP contribution in [0.2, 0.25) is 0 Å². The smallest absolute Gasteiger partial charge is 0.322 e. The fourth-order valence-corrected chi connectivity index (χ4v) is 2.86. The van der Waals surface area contributed by atoms with Crippen molar-refractivity contribution in [2.45, 2.75) is 32.7 Å². The number of aromatic nitrogens is 2. The molecule has 1 saturated heterocycles. The number of ether oxygens (including phenoxy) is 1. The molecule has 1 aliphatic rings. The molecule has 1 unspecified atom stereocenters. The van der Waals surface area contributed by atoms with Crippen molar-refractivity contribution in [2.24, 2.45) is 0 Å². The molecule has 7 nitrogen and oxygen atoms in total. The summed E-state index contributed by atoms with van der Waals surface area (Å²) in [7, 11) is 1.40. The van der Waals surface area contributed by atoms with Crippen LogP contribution in [0.15, 0.2) is 16.7 Å². The molecule has 2 aromatic rings. The first kappa shape index (κ1) is 16.2. The second-order valence-corrected chi connectivity index (χ2v) is 5.75. The van der Waals surface area contributed by atoms with Crippen LogP contribution < -0.4 is 10.1 Å². The Balaban J connectivity index is 1.78. The fourth-order valence-electron chi connectivity index (χ4n) is 2.86. The number of benzene rings is 1. The van der Waals surface area contributed by atoms with Gasteiger partial charge in [0.2, 0.25) is 5.89 Å². The highest BCUT2D eigenvalue weighted by Crippen LogP contribution is 2.31. The lowest BCUT2D eigenvalue weighted by atomic mass is 10.2. The molecule has 1 aromatic carbocycles. The van der Waals surface area contributed by atoms with E-state index in [0.29, 0.717) is 29.5 Å². The first-order valence-electron chi connectivity index (χ1n) is 7.71. The molecule has 0 aliphatic carbocycles. The SMILES string of the molecule is COc1cc(C)c(NC(=O)N2CCCC2c2noc(C)n2)cc1F. The van der Waals surface area contributed by atoms with Gasteiger partial charge in [-0.3, -0.25) is 0 Å². The summed E-state index contributed by atoms with van der Waals surface area (Å²) >= 11 is 0. The molecule has 2 amide bonds. The van der Waals surface area contributed by atoms with Crippen molar-refractivity contribution in [1.82, 2.24) is 15.0 Å². The van der Waals surface area contributed by atoms with Crippen LogP contribution in [0.25, 0.3) is 0 Å². The topological polar surface area (TPSA) is 80.5 Å². The van der Waals surface area contributed by atoms with E-state index in [1.54, 1.807) is 24.8 Å². The summed E-state index contributed by atoms with van der Waals surface area (Å²) in [5.74, 6) is 0.583. The molecular formula is C16H19FN4O3. The zero-order valence-electron chi connectivity index (χ0n) is 13.8. The van der Waals surface area contributed by atoms with E-state index < -0.39 is 5.82 Å². The number of nitrogens with zero attached hydrogens (tertiary/aromatic N) is 3. The van der Waals surface area contributed by atoms with Crippen molar-refractivity contribution in [2.75, 3.05) is 19.0 Å². The highest BCUT2D eigenvalue weighted by atomic mass is 19.1. The first-order chi connectivity index (χ1) is 11.5. The first-order valence-corrected chi connectivity index (χ1v) is 7.71. The van der Waals surface area contributed by atoms with Gasteiger partial charge in [0, 0.05) is 25.2 Å². The van der Waals surface area contributed by atoms with Gasteiger partial charge in [0.15, 0.2) is 17.4 Å². The zero-order chi connectivity index (χ0) is 17.3. The average molecular weight is 334 g/mol. The lowest BCUT2D eigenvalue weighted by molar-refractivity contribution is 0.204. The van der Waals surface area contributed by atoms with Gasteiger partial charge in [0.1, 0.15) is 0 Å². The summed E-state index contributed by atoms with van der Waals surface area (Å²) in [6.45, 7) is 4.07. The standard InChI is InChI=1S/C16H19FN4O3/c1-9-7-14(23-3)11(17)8-12(9)19-16(22)21-6-4-5-13(21)15-18-10(2)24-20-15/h7-8,13H,4-6H2,1-3H3,(H,19,22). The largest absolute Gasteiger partial charge is 0.494 e. The number of halogens is 1. The molecule has 0 saturated carbocycles. The van der Waals surface area contributed by atoms with E-state index in [0.717, 1.165) is 12.8 Å². The van der Waals surface area contributed by atoms with Gasteiger partial charge in [0.05, 0.1) is 13.2 Å². The quantitative estimate of drug-likeness (QED) is 0.932.